The van der Waals surface area contributed by atoms with Gasteiger partial charge in [0.25, 0.3) is 0 Å². The molecule has 0 unspecified atom stereocenters. The molecule has 25 heavy (non-hydrogen) atoms. The third-order valence-electron chi connectivity index (χ3n) is 3.44. The molecule has 0 amide bonds. The highest BCUT2D eigenvalue weighted by atomic mass is 35.5. The number of hydrogen-bond acceptors (Lipinski definition) is 6. The van der Waals surface area contributed by atoms with Gasteiger partial charge in [-0.2, -0.15) is 15.0 Å². The zero-order valence-corrected chi connectivity index (χ0v) is 15.0. The van der Waals surface area contributed by atoms with Crippen molar-refractivity contribution in [3.05, 3.63) is 58.6 Å². The van der Waals surface area contributed by atoms with Crippen LogP contribution in [0.25, 0.3) is 0 Å². The van der Waals surface area contributed by atoms with Crippen LogP contribution in [0.15, 0.2) is 42.5 Å². The monoisotopic (exact) mass is 354 g/mol. The average molecular weight is 355 g/mol. The summed E-state index contributed by atoms with van der Waals surface area (Å²) in [6.07, 6.45) is 0. The fourth-order valence-corrected chi connectivity index (χ4v) is 2.56. The van der Waals surface area contributed by atoms with Gasteiger partial charge in [0.15, 0.2) is 0 Å². The lowest BCUT2D eigenvalue weighted by Gasteiger charge is -2.11. The first-order valence-corrected chi connectivity index (χ1v) is 8.21. The summed E-state index contributed by atoms with van der Waals surface area (Å²) in [5.74, 6) is 1.37. The van der Waals surface area contributed by atoms with Crippen molar-refractivity contribution in [1.29, 1.82) is 0 Å². The van der Waals surface area contributed by atoms with Gasteiger partial charge in [0, 0.05) is 23.4 Å². The van der Waals surface area contributed by atoms with E-state index in [1.54, 1.807) is 19.2 Å². The molecule has 0 spiro atoms. The standard InChI is InChI=1S/C18H19ClN6/c1-11-8-12(2)10-15(9-11)22-18-24-16(20-3)23-17(25-18)21-14-6-4-13(19)5-7-14/h4-10H,1-3H3,(H3,20,21,22,23,24,25). The van der Waals surface area contributed by atoms with Gasteiger partial charge in [0.05, 0.1) is 0 Å². The smallest absolute Gasteiger partial charge is 0.233 e. The molecule has 0 atom stereocenters. The molecule has 0 saturated heterocycles. The van der Waals surface area contributed by atoms with E-state index in [9.17, 15) is 0 Å². The Hall–Kier alpha value is -2.86. The SMILES string of the molecule is CNc1nc(Nc2ccc(Cl)cc2)nc(Nc2cc(C)cc(C)c2)n1. The maximum absolute atomic E-state index is 5.91. The molecule has 1 aromatic heterocycles. The van der Waals surface area contributed by atoms with Gasteiger partial charge in [-0.15, -0.1) is 0 Å². The second kappa shape index (κ2) is 7.36. The highest BCUT2D eigenvalue weighted by molar-refractivity contribution is 6.30. The minimum absolute atomic E-state index is 0.438. The van der Waals surface area contributed by atoms with Crippen molar-refractivity contribution in [3.8, 4) is 0 Å². The van der Waals surface area contributed by atoms with Crippen molar-refractivity contribution in [1.82, 2.24) is 15.0 Å². The Bertz CT molecular complexity index is 859. The van der Waals surface area contributed by atoms with Gasteiger partial charge in [-0.25, -0.2) is 0 Å². The Balaban J connectivity index is 1.87. The molecule has 1 heterocycles. The molecule has 3 rings (SSSR count). The number of benzene rings is 2. The minimum atomic E-state index is 0.438. The summed E-state index contributed by atoms with van der Waals surface area (Å²) in [4.78, 5) is 13.1. The molecule has 3 N–H and O–H groups in total. The van der Waals surface area contributed by atoms with Crippen LogP contribution in [-0.4, -0.2) is 22.0 Å². The molecule has 128 valence electrons. The number of aryl methyl sites for hydroxylation is 2. The highest BCUT2D eigenvalue weighted by Gasteiger charge is 2.07. The first-order chi connectivity index (χ1) is 12.0. The summed E-state index contributed by atoms with van der Waals surface area (Å²) >= 11 is 5.91. The second-order valence-corrected chi connectivity index (χ2v) is 6.13. The van der Waals surface area contributed by atoms with E-state index in [4.69, 9.17) is 11.6 Å². The highest BCUT2D eigenvalue weighted by Crippen LogP contribution is 2.21. The van der Waals surface area contributed by atoms with Crippen molar-refractivity contribution in [3.63, 3.8) is 0 Å². The molecule has 6 nitrogen and oxygen atoms in total. The number of aromatic nitrogens is 3. The number of halogens is 1. The molecule has 0 aliphatic rings. The molecule has 0 aliphatic carbocycles. The van der Waals surface area contributed by atoms with E-state index in [2.05, 4.69) is 50.8 Å². The summed E-state index contributed by atoms with van der Waals surface area (Å²) in [6.45, 7) is 4.11. The Kier molecular flexibility index (Phi) is 5.00. The van der Waals surface area contributed by atoms with Crippen LogP contribution in [0.4, 0.5) is 29.2 Å². The van der Waals surface area contributed by atoms with E-state index in [0.29, 0.717) is 22.9 Å². The van der Waals surface area contributed by atoms with Gasteiger partial charge in [0.2, 0.25) is 17.8 Å². The van der Waals surface area contributed by atoms with Gasteiger partial charge in [-0.1, -0.05) is 17.7 Å². The summed E-state index contributed by atoms with van der Waals surface area (Å²) in [5, 5.41) is 10.0. The van der Waals surface area contributed by atoms with Crippen LogP contribution in [0.1, 0.15) is 11.1 Å². The Morgan fingerprint density at radius 3 is 1.80 bits per heavy atom. The maximum Gasteiger partial charge on any atom is 0.233 e. The van der Waals surface area contributed by atoms with Crippen molar-refractivity contribution >= 4 is 40.8 Å². The quantitative estimate of drug-likeness (QED) is 0.618. The summed E-state index contributed by atoms with van der Waals surface area (Å²) in [5.41, 5.74) is 4.12. The van der Waals surface area contributed by atoms with Crippen LogP contribution < -0.4 is 16.0 Å². The van der Waals surface area contributed by atoms with Gasteiger partial charge < -0.3 is 16.0 Å². The molecular formula is C18H19ClN6. The fourth-order valence-electron chi connectivity index (χ4n) is 2.44. The average Bonchev–Trinajstić information content (AvgIpc) is 2.56. The molecule has 2 aromatic carbocycles. The number of hydrogen-bond donors (Lipinski definition) is 3. The van der Waals surface area contributed by atoms with Crippen molar-refractivity contribution in [2.75, 3.05) is 23.0 Å². The predicted molar refractivity (Wildman–Crippen MR) is 103 cm³/mol. The Morgan fingerprint density at radius 2 is 1.24 bits per heavy atom. The van der Waals surface area contributed by atoms with Crippen LogP contribution in [0, 0.1) is 13.8 Å². The van der Waals surface area contributed by atoms with E-state index in [1.807, 2.05) is 24.3 Å². The molecule has 0 saturated carbocycles. The summed E-state index contributed by atoms with van der Waals surface area (Å²) in [6, 6.07) is 13.5. The zero-order valence-electron chi connectivity index (χ0n) is 14.3. The zero-order chi connectivity index (χ0) is 17.8. The molecule has 0 radical (unpaired) electrons. The van der Waals surface area contributed by atoms with E-state index < -0.39 is 0 Å². The Morgan fingerprint density at radius 1 is 0.720 bits per heavy atom. The second-order valence-electron chi connectivity index (χ2n) is 5.69. The third kappa shape index (κ3) is 4.58. The summed E-state index contributed by atoms with van der Waals surface area (Å²) < 4.78 is 0. The van der Waals surface area contributed by atoms with Crippen LogP contribution in [0.2, 0.25) is 5.02 Å². The topological polar surface area (TPSA) is 74.8 Å². The lowest BCUT2D eigenvalue weighted by atomic mass is 10.1. The van der Waals surface area contributed by atoms with E-state index >= 15 is 0 Å². The van der Waals surface area contributed by atoms with Gasteiger partial charge >= 0.3 is 0 Å². The molecule has 0 fully saturated rings. The first kappa shape index (κ1) is 17.0. The van der Waals surface area contributed by atoms with Gasteiger partial charge in [-0.05, 0) is 61.4 Å². The molecule has 0 bridgehead atoms. The van der Waals surface area contributed by atoms with Gasteiger partial charge in [-0.3, -0.25) is 0 Å². The number of rotatable bonds is 5. The number of nitrogens with one attached hydrogen (secondary N) is 3. The van der Waals surface area contributed by atoms with Crippen LogP contribution in [0.3, 0.4) is 0 Å². The van der Waals surface area contributed by atoms with Crippen molar-refractivity contribution in [2.24, 2.45) is 0 Å². The van der Waals surface area contributed by atoms with E-state index in [-0.39, 0.29) is 0 Å². The van der Waals surface area contributed by atoms with Crippen LogP contribution in [0.5, 0.6) is 0 Å². The number of nitrogens with zero attached hydrogens (tertiary/aromatic N) is 3. The number of anilines is 5. The lowest BCUT2D eigenvalue weighted by Crippen LogP contribution is -2.07. The van der Waals surface area contributed by atoms with E-state index in [1.165, 1.54) is 11.1 Å². The van der Waals surface area contributed by atoms with Crippen molar-refractivity contribution < 1.29 is 0 Å². The van der Waals surface area contributed by atoms with Crippen LogP contribution in [-0.2, 0) is 0 Å². The van der Waals surface area contributed by atoms with Crippen molar-refractivity contribution in [2.45, 2.75) is 13.8 Å². The first-order valence-electron chi connectivity index (χ1n) is 7.83. The van der Waals surface area contributed by atoms with E-state index in [0.717, 1.165) is 11.4 Å². The Labute approximate surface area is 151 Å². The molecule has 0 aliphatic heterocycles. The predicted octanol–water partition coefficient (Wildman–Crippen LogP) is 4.67. The fraction of sp³-hybridized carbons (Fsp3) is 0.167. The minimum Gasteiger partial charge on any atom is -0.357 e. The normalized spacial score (nSPS) is 10.4. The molecular weight excluding hydrogens is 336 g/mol. The largest absolute Gasteiger partial charge is 0.357 e. The third-order valence-corrected chi connectivity index (χ3v) is 3.69. The van der Waals surface area contributed by atoms with Crippen LogP contribution >= 0.6 is 11.6 Å². The maximum atomic E-state index is 5.91. The molecule has 7 heteroatoms. The summed E-state index contributed by atoms with van der Waals surface area (Å²) in [7, 11) is 1.77. The van der Waals surface area contributed by atoms with Gasteiger partial charge in [0.1, 0.15) is 0 Å². The lowest BCUT2D eigenvalue weighted by molar-refractivity contribution is 1.06. The molecule has 3 aromatic rings.